The van der Waals surface area contributed by atoms with E-state index in [0.717, 1.165) is 0 Å². The van der Waals surface area contributed by atoms with Crippen molar-refractivity contribution in [1.82, 2.24) is 0 Å². The van der Waals surface area contributed by atoms with E-state index in [2.05, 4.69) is 5.32 Å². The molecule has 0 saturated carbocycles. The largest absolute Gasteiger partial charge is 0.394 e. The standard InChI is InChI=1S/C11H16N2O4/c1-2-11(7-14,8-15)12-9-5-3-4-6-10(9)13(16)17/h3-6,12,14-15H,2,7-8H2,1H3. The van der Waals surface area contributed by atoms with Gasteiger partial charge in [0.05, 0.1) is 23.7 Å². The quantitative estimate of drug-likeness (QED) is 0.512. The van der Waals surface area contributed by atoms with E-state index in [1.54, 1.807) is 25.1 Å². The molecule has 0 aromatic heterocycles. The highest BCUT2D eigenvalue weighted by Crippen LogP contribution is 2.27. The van der Waals surface area contributed by atoms with Gasteiger partial charge in [-0.3, -0.25) is 10.1 Å². The van der Waals surface area contributed by atoms with Gasteiger partial charge < -0.3 is 15.5 Å². The fraction of sp³-hybridized carbons (Fsp3) is 0.455. The fourth-order valence-electron chi connectivity index (χ4n) is 1.47. The number of hydrogen-bond acceptors (Lipinski definition) is 5. The highest BCUT2D eigenvalue weighted by atomic mass is 16.6. The smallest absolute Gasteiger partial charge is 0.292 e. The lowest BCUT2D eigenvalue weighted by molar-refractivity contribution is -0.384. The van der Waals surface area contributed by atoms with Crippen molar-refractivity contribution in [3.63, 3.8) is 0 Å². The van der Waals surface area contributed by atoms with E-state index >= 15 is 0 Å². The van der Waals surface area contributed by atoms with Crippen LogP contribution in [0.2, 0.25) is 0 Å². The second kappa shape index (κ2) is 5.60. The lowest BCUT2D eigenvalue weighted by Crippen LogP contribution is -2.45. The third kappa shape index (κ3) is 2.92. The van der Waals surface area contributed by atoms with Gasteiger partial charge in [-0.2, -0.15) is 0 Å². The molecule has 3 N–H and O–H groups in total. The number of aliphatic hydroxyl groups excluding tert-OH is 2. The average molecular weight is 240 g/mol. The Morgan fingerprint density at radius 1 is 1.35 bits per heavy atom. The number of aliphatic hydroxyl groups is 2. The third-order valence-corrected chi connectivity index (χ3v) is 2.78. The molecule has 0 bridgehead atoms. The number of rotatable bonds is 6. The third-order valence-electron chi connectivity index (χ3n) is 2.78. The Morgan fingerprint density at radius 3 is 2.41 bits per heavy atom. The lowest BCUT2D eigenvalue weighted by Gasteiger charge is -2.30. The number of benzene rings is 1. The van der Waals surface area contributed by atoms with Crippen molar-refractivity contribution in [3.8, 4) is 0 Å². The number of nitrogens with one attached hydrogen (secondary N) is 1. The van der Waals surface area contributed by atoms with Crippen LogP contribution in [0.25, 0.3) is 0 Å². The van der Waals surface area contributed by atoms with Crippen molar-refractivity contribution >= 4 is 11.4 Å². The van der Waals surface area contributed by atoms with Crippen molar-refractivity contribution in [2.75, 3.05) is 18.5 Å². The number of hydrogen-bond donors (Lipinski definition) is 3. The van der Waals surface area contributed by atoms with E-state index in [1.165, 1.54) is 6.07 Å². The molecule has 0 spiro atoms. The molecule has 0 heterocycles. The molecule has 0 fully saturated rings. The zero-order valence-corrected chi connectivity index (χ0v) is 9.59. The minimum absolute atomic E-state index is 0.0766. The van der Waals surface area contributed by atoms with Crippen LogP contribution in [0, 0.1) is 10.1 Å². The van der Waals surface area contributed by atoms with E-state index in [9.17, 15) is 20.3 Å². The Bertz CT molecular complexity index is 383. The summed E-state index contributed by atoms with van der Waals surface area (Å²) in [7, 11) is 0. The van der Waals surface area contributed by atoms with Crippen LogP contribution in [0.4, 0.5) is 11.4 Å². The molecule has 0 atom stereocenters. The molecule has 0 unspecified atom stereocenters. The maximum Gasteiger partial charge on any atom is 0.292 e. The van der Waals surface area contributed by atoms with Gasteiger partial charge in [-0.1, -0.05) is 19.1 Å². The summed E-state index contributed by atoms with van der Waals surface area (Å²) in [4.78, 5) is 10.3. The van der Waals surface area contributed by atoms with Crippen LogP contribution in [0.1, 0.15) is 13.3 Å². The molecule has 1 aromatic carbocycles. The summed E-state index contributed by atoms with van der Waals surface area (Å²) in [6.45, 7) is 1.19. The van der Waals surface area contributed by atoms with E-state index in [4.69, 9.17) is 0 Å². The van der Waals surface area contributed by atoms with Gasteiger partial charge in [0.15, 0.2) is 0 Å². The molecule has 6 heteroatoms. The fourth-order valence-corrected chi connectivity index (χ4v) is 1.47. The molecular weight excluding hydrogens is 224 g/mol. The summed E-state index contributed by atoms with van der Waals surface area (Å²) in [6.07, 6.45) is 0.450. The highest BCUT2D eigenvalue weighted by molar-refractivity contribution is 5.62. The minimum Gasteiger partial charge on any atom is -0.394 e. The zero-order chi connectivity index (χ0) is 12.9. The second-order valence-corrected chi connectivity index (χ2v) is 3.85. The van der Waals surface area contributed by atoms with E-state index < -0.39 is 10.5 Å². The second-order valence-electron chi connectivity index (χ2n) is 3.85. The van der Waals surface area contributed by atoms with Gasteiger partial charge in [-0.25, -0.2) is 0 Å². The molecule has 1 rings (SSSR count). The predicted octanol–water partition coefficient (Wildman–Crippen LogP) is 1.14. The molecule has 0 amide bonds. The summed E-state index contributed by atoms with van der Waals surface area (Å²) in [6, 6.07) is 6.14. The average Bonchev–Trinajstić information content (AvgIpc) is 2.36. The molecular formula is C11H16N2O4. The molecule has 0 radical (unpaired) electrons. The molecule has 94 valence electrons. The first-order valence-electron chi connectivity index (χ1n) is 5.32. The summed E-state index contributed by atoms with van der Waals surface area (Å²) < 4.78 is 0. The van der Waals surface area contributed by atoms with Gasteiger partial charge in [-0.15, -0.1) is 0 Å². The van der Waals surface area contributed by atoms with Crippen molar-refractivity contribution in [3.05, 3.63) is 34.4 Å². The van der Waals surface area contributed by atoms with Crippen LogP contribution in [0.15, 0.2) is 24.3 Å². The molecule has 0 aliphatic heterocycles. The van der Waals surface area contributed by atoms with Gasteiger partial charge in [0.2, 0.25) is 0 Å². The van der Waals surface area contributed by atoms with Gasteiger partial charge in [0.25, 0.3) is 5.69 Å². The van der Waals surface area contributed by atoms with Crippen molar-refractivity contribution < 1.29 is 15.1 Å². The number of anilines is 1. The van der Waals surface area contributed by atoms with E-state index in [0.29, 0.717) is 12.1 Å². The van der Waals surface area contributed by atoms with E-state index in [-0.39, 0.29) is 18.9 Å². The Hall–Kier alpha value is -1.66. The zero-order valence-electron chi connectivity index (χ0n) is 9.59. The molecule has 1 aromatic rings. The first-order chi connectivity index (χ1) is 8.08. The first-order valence-corrected chi connectivity index (χ1v) is 5.32. The number of nitrogens with zero attached hydrogens (tertiary/aromatic N) is 1. The Kier molecular flexibility index (Phi) is 4.42. The van der Waals surface area contributed by atoms with Gasteiger partial charge >= 0.3 is 0 Å². The molecule has 0 saturated heterocycles. The van der Waals surface area contributed by atoms with Crippen LogP contribution in [-0.2, 0) is 0 Å². The van der Waals surface area contributed by atoms with Crippen LogP contribution < -0.4 is 5.32 Å². The van der Waals surface area contributed by atoms with Crippen LogP contribution in [0.3, 0.4) is 0 Å². The highest BCUT2D eigenvalue weighted by Gasteiger charge is 2.28. The van der Waals surface area contributed by atoms with Gasteiger partial charge in [0.1, 0.15) is 5.69 Å². The number of para-hydroxylation sites is 2. The lowest BCUT2D eigenvalue weighted by atomic mass is 9.98. The molecule has 0 aliphatic rings. The maximum absolute atomic E-state index is 10.8. The summed E-state index contributed by atoms with van der Waals surface area (Å²) in [5, 5.41) is 32.2. The number of nitro benzene ring substituents is 1. The Balaban J connectivity index is 3.05. The normalized spacial score (nSPS) is 11.2. The van der Waals surface area contributed by atoms with Gasteiger partial charge in [-0.05, 0) is 12.5 Å². The molecule has 6 nitrogen and oxygen atoms in total. The molecule has 17 heavy (non-hydrogen) atoms. The van der Waals surface area contributed by atoms with Crippen LogP contribution in [-0.4, -0.2) is 33.9 Å². The SMILES string of the molecule is CCC(CO)(CO)Nc1ccccc1[N+](=O)[O-]. The van der Waals surface area contributed by atoms with Crippen LogP contribution >= 0.6 is 0 Å². The Morgan fingerprint density at radius 2 is 1.94 bits per heavy atom. The summed E-state index contributed by atoms with van der Waals surface area (Å²) in [5.41, 5.74) is -0.721. The van der Waals surface area contributed by atoms with E-state index in [1.807, 2.05) is 0 Å². The predicted molar refractivity (Wildman–Crippen MR) is 63.9 cm³/mol. The monoisotopic (exact) mass is 240 g/mol. The topological polar surface area (TPSA) is 95.6 Å². The Labute approximate surface area is 99.0 Å². The first kappa shape index (κ1) is 13.4. The summed E-state index contributed by atoms with van der Waals surface area (Å²) >= 11 is 0. The number of nitro groups is 1. The van der Waals surface area contributed by atoms with Gasteiger partial charge in [0, 0.05) is 6.07 Å². The molecule has 0 aliphatic carbocycles. The van der Waals surface area contributed by atoms with Crippen molar-refractivity contribution in [2.45, 2.75) is 18.9 Å². The summed E-state index contributed by atoms with van der Waals surface area (Å²) in [5.74, 6) is 0. The van der Waals surface area contributed by atoms with Crippen LogP contribution in [0.5, 0.6) is 0 Å². The minimum atomic E-state index is -0.938. The maximum atomic E-state index is 10.8. The van der Waals surface area contributed by atoms with Crippen molar-refractivity contribution in [1.29, 1.82) is 0 Å². The van der Waals surface area contributed by atoms with Crippen molar-refractivity contribution in [2.24, 2.45) is 0 Å².